The lowest BCUT2D eigenvalue weighted by Gasteiger charge is -2.16. The third-order valence-corrected chi connectivity index (χ3v) is 2.91. The largest absolute Gasteiger partial charge is 0.418 e. The average molecular weight is 204 g/mol. The van der Waals surface area contributed by atoms with E-state index in [1.807, 2.05) is 0 Å². The molecule has 0 aromatic carbocycles. The summed E-state index contributed by atoms with van der Waals surface area (Å²) >= 11 is 0. The summed E-state index contributed by atoms with van der Waals surface area (Å²) in [4.78, 5) is 0. The minimum absolute atomic E-state index is 0.339. The van der Waals surface area contributed by atoms with E-state index in [2.05, 4.69) is 19.6 Å². The zero-order valence-corrected chi connectivity index (χ0v) is 10.3. The van der Waals surface area contributed by atoms with Crippen LogP contribution < -0.4 is 0 Å². The molecule has 0 aliphatic heterocycles. The molecule has 0 amide bonds. The van der Waals surface area contributed by atoms with Gasteiger partial charge >= 0.3 is 0 Å². The van der Waals surface area contributed by atoms with Crippen LogP contribution in [0, 0.1) is 0 Å². The summed E-state index contributed by atoms with van der Waals surface area (Å²) in [5.41, 5.74) is 0. The summed E-state index contributed by atoms with van der Waals surface area (Å²) in [6, 6.07) is 0. The molecular formula is C10H24O2Si. The van der Waals surface area contributed by atoms with Crippen LogP contribution in [-0.4, -0.2) is 26.6 Å². The number of unbranched alkanes of at least 4 members (excludes halogenated alkanes) is 4. The van der Waals surface area contributed by atoms with Crippen molar-refractivity contribution in [2.45, 2.75) is 51.7 Å². The fourth-order valence-electron chi connectivity index (χ4n) is 1.12. The number of aliphatic hydroxyl groups excluding tert-OH is 1. The molecule has 0 spiro atoms. The minimum atomic E-state index is -1.27. The first-order valence-corrected chi connectivity index (χ1v) is 8.72. The van der Waals surface area contributed by atoms with Crippen LogP contribution in [0.5, 0.6) is 0 Å². The normalized spacial score (nSPS) is 12.0. The molecule has 2 nitrogen and oxygen atoms in total. The Kier molecular flexibility index (Phi) is 7.61. The predicted octanol–water partition coefficient (Wildman–Crippen LogP) is 2.78. The molecule has 0 aliphatic carbocycles. The van der Waals surface area contributed by atoms with Crippen molar-refractivity contribution in [1.29, 1.82) is 0 Å². The van der Waals surface area contributed by atoms with Gasteiger partial charge in [-0.25, -0.2) is 0 Å². The lowest BCUT2D eigenvalue weighted by molar-refractivity contribution is 0.277. The molecule has 0 heterocycles. The van der Waals surface area contributed by atoms with Crippen LogP contribution in [0.25, 0.3) is 0 Å². The molecule has 3 heteroatoms. The van der Waals surface area contributed by atoms with E-state index in [-0.39, 0.29) is 0 Å². The summed E-state index contributed by atoms with van der Waals surface area (Å²) in [7, 11) is -1.27. The van der Waals surface area contributed by atoms with E-state index >= 15 is 0 Å². The number of aliphatic hydroxyl groups is 1. The molecule has 0 aromatic heterocycles. The maximum atomic E-state index is 8.56. The van der Waals surface area contributed by atoms with Crippen molar-refractivity contribution in [2.75, 3.05) is 13.2 Å². The molecule has 0 bridgehead atoms. The van der Waals surface area contributed by atoms with Gasteiger partial charge in [0.15, 0.2) is 8.32 Å². The first-order chi connectivity index (χ1) is 6.06. The third kappa shape index (κ3) is 12.1. The van der Waals surface area contributed by atoms with E-state index in [0.29, 0.717) is 6.61 Å². The Bertz CT molecular complexity index is 110. The van der Waals surface area contributed by atoms with Crippen LogP contribution in [0.15, 0.2) is 0 Å². The van der Waals surface area contributed by atoms with E-state index < -0.39 is 8.32 Å². The Hall–Kier alpha value is 0.137. The van der Waals surface area contributed by atoms with E-state index in [4.69, 9.17) is 9.53 Å². The second-order valence-corrected chi connectivity index (χ2v) is 8.97. The second-order valence-electron chi connectivity index (χ2n) is 4.45. The minimum Gasteiger partial charge on any atom is -0.418 e. The number of hydrogen-bond acceptors (Lipinski definition) is 2. The fraction of sp³-hybridized carbons (Fsp3) is 1.00. The van der Waals surface area contributed by atoms with Gasteiger partial charge in [0.1, 0.15) is 0 Å². The second kappa shape index (κ2) is 7.53. The molecule has 0 unspecified atom stereocenters. The summed E-state index contributed by atoms with van der Waals surface area (Å²) in [6.07, 6.45) is 5.76. The number of rotatable bonds is 8. The zero-order chi connectivity index (χ0) is 10.2. The summed E-state index contributed by atoms with van der Waals surface area (Å²) < 4.78 is 5.73. The van der Waals surface area contributed by atoms with Crippen molar-refractivity contribution in [2.24, 2.45) is 0 Å². The van der Waals surface area contributed by atoms with Gasteiger partial charge in [-0.05, 0) is 32.5 Å². The first-order valence-electron chi connectivity index (χ1n) is 5.31. The van der Waals surface area contributed by atoms with Crippen LogP contribution >= 0.6 is 0 Å². The summed E-state index contributed by atoms with van der Waals surface area (Å²) in [6.45, 7) is 7.93. The van der Waals surface area contributed by atoms with Gasteiger partial charge in [-0.2, -0.15) is 0 Å². The van der Waals surface area contributed by atoms with Gasteiger partial charge in [-0.1, -0.05) is 19.3 Å². The predicted molar refractivity (Wildman–Crippen MR) is 59.5 cm³/mol. The molecule has 0 saturated carbocycles. The Morgan fingerprint density at radius 3 is 2.00 bits per heavy atom. The van der Waals surface area contributed by atoms with E-state index in [1.54, 1.807) is 0 Å². The van der Waals surface area contributed by atoms with Gasteiger partial charge in [-0.15, -0.1) is 0 Å². The van der Waals surface area contributed by atoms with Crippen LogP contribution in [0.2, 0.25) is 19.6 Å². The Labute approximate surface area is 83.4 Å². The molecule has 0 fully saturated rings. The maximum Gasteiger partial charge on any atom is 0.183 e. The molecule has 0 atom stereocenters. The third-order valence-electron chi connectivity index (χ3n) is 1.84. The SMILES string of the molecule is C[Si](C)(C)OCCCCCCCO. The highest BCUT2D eigenvalue weighted by molar-refractivity contribution is 6.69. The zero-order valence-electron chi connectivity index (χ0n) is 9.31. The lowest BCUT2D eigenvalue weighted by Crippen LogP contribution is -2.25. The van der Waals surface area contributed by atoms with Crippen molar-refractivity contribution in [3.63, 3.8) is 0 Å². The lowest BCUT2D eigenvalue weighted by atomic mass is 10.2. The Morgan fingerprint density at radius 1 is 0.923 bits per heavy atom. The van der Waals surface area contributed by atoms with E-state index in [1.165, 1.54) is 19.3 Å². The van der Waals surface area contributed by atoms with Crippen molar-refractivity contribution in [1.82, 2.24) is 0 Å². The molecular weight excluding hydrogens is 180 g/mol. The average Bonchev–Trinajstić information content (AvgIpc) is 2.01. The highest BCUT2D eigenvalue weighted by Gasteiger charge is 2.12. The van der Waals surface area contributed by atoms with Crippen LogP contribution in [0.1, 0.15) is 32.1 Å². The van der Waals surface area contributed by atoms with Crippen LogP contribution in [-0.2, 0) is 4.43 Å². The van der Waals surface area contributed by atoms with Gasteiger partial charge in [-0.3, -0.25) is 0 Å². The molecule has 0 rings (SSSR count). The maximum absolute atomic E-state index is 8.56. The quantitative estimate of drug-likeness (QED) is 0.486. The molecule has 1 N–H and O–H groups in total. The molecule has 0 aliphatic rings. The number of hydrogen-bond donors (Lipinski definition) is 1. The molecule has 0 aromatic rings. The van der Waals surface area contributed by atoms with Gasteiger partial charge in [0, 0.05) is 13.2 Å². The van der Waals surface area contributed by atoms with Gasteiger partial charge in [0.05, 0.1) is 0 Å². The summed E-state index contributed by atoms with van der Waals surface area (Å²) in [5, 5.41) is 8.56. The standard InChI is InChI=1S/C10H24O2Si/c1-13(2,3)12-10-8-6-4-5-7-9-11/h11H,4-10H2,1-3H3. The van der Waals surface area contributed by atoms with Gasteiger partial charge < -0.3 is 9.53 Å². The monoisotopic (exact) mass is 204 g/mol. The first kappa shape index (κ1) is 13.1. The topological polar surface area (TPSA) is 29.5 Å². The molecule has 80 valence electrons. The Morgan fingerprint density at radius 2 is 1.46 bits per heavy atom. The van der Waals surface area contributed by atoms with E-state index in [0.717, 1.165) is 19.4 Å². The van der Waals surface area contributed by atoms with Gasteiger partial charge in [0.2, 0.25) is 0 Å². The van der Waals surface area contributed by atoms with Gasteiger partial charge in [0.25, 0.3) is 0 Å². The summed E-state index contributed by atoms with van der Waals surface area (Å²) in [5.74, 6) is 0. The smallest absolute Gasteiger partial charge is 0.183 e. The molecule has 0 radical (unpaired) electrons. The van der Waals surface area contributed by atoms with Crippen LogP contribution in [0.3, 0.4) is 0 Å². The van der Waals surface area contributed by atoms with E-state index in [9.17, 15) is 0 Å². The van der Waals surface area contributed by atoms with Crippen molar-refractivity contribution >= 4 is 8.32 Å². The Balaban J connectivity index is 3.00. The highest BCUT2D eigenvalue weighted by atomic mass is 28.4. The fourth-order valence-corrected chi connectivity index (χ4v) is 1.88. The van der Waals surface area contributed by atoms with Crippen LogP contribution in [0.4, 0.5) is 0 Å². The highest BCUT2D eigenvalue weighted by Crippen LogP contribution is 2.06. The van der Waals surface area contributed by atoms with Crippen molar-refractivity contribution in [3.05, 3.63) is 0 Å². The van der Waals surface area contributed by atoms with Crippen molar-refractivity contribution in [3.8, 4) is 0 Å². The molecule has 13 heavy (non-hydrogen) atoms. The molecule has 0 saturated heterocycles. The van der Waals surface area contributed by atoms with Crippen molar-refractivity contribution < 1.29 is 9.53 Å².